The maximum atomic E-state index is 12.0. The highest BCUT2D eigenvalue weighted by atomic mass is 35.5. The maximum absolute atomic E-state index is 12.0. The molecule has 1 saturated heterocycles. The minimum atomic E-state index is 0.128. The number of halogens is 1. The van der Waals surface area contributed by atoms with Gasteiger partial charge in [0.15, 0.2) is 0 Å². The molecule has 3 heteroatoms. The lowest BCUT2D eigenvalue weighted by molar-refractivity contribution is -0.126. The molecule has 2 nitrogen and oxygen atoms in total. The molecule has 0 spiro atoms. The van der Waals surface area contributed by atoms with Gasteiger partial charge in [-0.2, -0.15) is 0 Å². The van der Waals surface area contributed by atoms with Gasteiger partial charge in [0.05, 0.1) is 0 Å². The SMILES string of the molecule is C/C=C/C(=O)N1CCCCC(c2ccc(Cl)cc2)C1. The van der Waals surface area contributed by atoms with E-state index in [2.05, 4.69) is 12.1 Å². The highest BCUT2D eigenvalue weighted by Gasteiger charge is 2.21. The molecule has 0 saturated carbocycles. The molecular formula is C16H20ClNO. The number of nitrogens with zero attached hydrogens (tertiary/aromatic N) is 1. The van der Waals surface area contributed by atoms with Crippen LogP contribution in [-0.4, -0.2) is 23.9 Å². The van der Waals surface area contributed by atoms with Gasteiger partial charge in [0.2, 0.25) is 5.91 Å². The van der Waals surface area contributed by atoms with Crippen LogP contribution in [0.15, 0.2) is 36.4 Å². The average molecular weight is 278 g/mol. The van der Waals surface area contributed by atoms with E-state index in [1.807, 2.05) is 30.0 Å². The Morgan fingerprint density at radius 1 is 1.32 bits per heavy atom. The monoisotopic (exact) mass is 277 g/mol. The third-order valence-electron chi connectivity index (χ3n) is 3.63. The van der Waals surface area contributed by atoms with Gasteiger partial charge in [-0.25, -0.2) is 0 Å². The second-order valence-electron chi connectivity index (χ2n) is 5.03. The molecule has 1 aromatic rings. The van der Waals surface area contributed by atoms with Crippen LogP contribution in [0.5, 0.6) is 0 Å². The van der Waals surface area contributed by atoms with Crippen molar-refractivity contribution in [3.8, 4) is 0 Å². The molecule has 0 aliphatic carbocycles. The van der Waals surface area contributed by atoms with Crippen LogP contribution >= 0.6 is 11.6 Å². The van der Waals surface area contributed by atoms with Crippen molar-refractivity contribution in [3.05, 3.63) is 47.0 Å². The maximum Gasteiger partial charge on any atom is 0.246 e. The fourth-order valence-electron chi connectivity index (χ4n) is 2.60. The first-order valence-electron chi connectivity index (χ1n) is 6.88. The number of hydrogen-bond acceptors (Lipinski definition) is 1. The summed E-state index contributed by atoms with van der Waals surface area (Å²) in [5.41, 5.74) is 1.28. The van der Waals surface area contributed by atoms with Gasteiger partial charge >= 0.3 is 0 Å². The normalized spacial score (nSPS) is 20.5. The molecule has 19 heavy (non-hydrogen) atoms. The van der Waals surface area contributed by atoms with Crippen LogP contribution in [0.2, 0.25) is 5.02 Å². The number of allylic oxidation sites excluding steroid dienone is 1. The van der Waals surface area contributed by atoms with Gasteiger partial charge in [0, 0.05) is 24.0 Å². The number of rotatable bonds is 2. The van der Waals surface area contributed by atoms with E-state index in [0.29, 0.717) is 5.92 Å². The zero-order chi connectivity index (χ0) is 13.7. The molecule has 0 N–H and O–H groups in total. The van der Waals surface area contributed by atoms with Gasteiger partial charge in [-0.3, -0.25) is 4.79 Å². The fourth-order valence-corrected chi connectivity index (χ4v) is 2.72. The van der Waals surface area contributed by atoms with E-state index >= 15 is 0 Å². The lowest BCUT2D eigenvalue weighted by Gasteiger charge is -2.23. The number of carbonyl (C=O) groups is 1. The lowest BCUT2D eigenvalue weighted by Crippen LogP contribution is -2.32. The Balaban J connectivity index is 2.12. The zero-order valence-electron chi connectivity index (χ0n) is 11.3. The van der Waals surface area contributed by atoms with E-state index in [9.17, 15) is 4.79 Å². The van der Waals surface area contributed by atoms with E-state index in [4.69, 9.17) is 11.6 Å². The minimum Gasteiger partial charge on any atom is -0.339 e. The van der Waals surface area contributed by atoms with E-state index in [-0.39, 0.29) is 5.91 Å². The summed E-state index contributed by atoms with van der Waals surface area (Å²) in [6.07, 6.45) is 6.87. The van der Waals surface area contributed by atoms with Crippen molar-refractivity contribution in [2.45, 2.75) is 32.1 Å². The Morgan fingerprint density at radius 3 is 2.74 bits per heavy atom. The largest absolute Gasteiger partial charge is 0.339 e. The first-order chi connectivity index (χ1) is 9.20. The molecule has 1 aliphatic heterocycles. The molecule has 0 radical (unpaired) electrons. The summed E-state index contributed by atoms with van der Waals surface area (Å²) in [6, 6.07) is 8.02. The number of amides is 1. The van der Waals surface area contributed by atoms with Crippen LogP contribution in [0.3, 0.4) is 0 Å². The van der Waals surface area contributed by atoms with E-state index in [1.165, 1.54) is 12.0 Å². The van der Waals surface area contributed by atoms with Gasteiger partial charge in [-0.15, -0.1) is 0 Å². The summed E-state index contributed by atoms with van der Waals surface area (Å²) in [7, 11) is 0. The molecule has 1 unspecified atom stereocenters. The standard InChI is InChI=1S/C16H20ClNO/c1-2-5-16(19)18-11-4-3-6-14(12-18)13-7-9-15(17)10-8-13/h2,5,7-10,14H,3-4,6,11-12H2,1H3/b5-2+. The molecular weight excluding hydrogens is 258 g/mol. The number of likely N-dealkylation sites (tertiary alicyclic amines) is 1. The van der Waals surface area contributed by atoms with Crippen molar-refractivity contribution in [3.63, 3.8) is 0 Å². The van der Waals surface area contributed by atoms with Crippen LogP contribution in [-0.2, 0) is 4.79 Å². The van der Waals surface area contributed by atoms with Crippen molar-refractivity contribution in [2.75, 3.05) is 13.1 Å². The van der Waals surface area contributed by atoms with Crippen molar-refractivity contribution in [2.24, 2.45) is 0 Å². The summed E-state index contributed by atoms with van der Waals surface area (Å²) >= 11 is 5.93. The third-order valence-corrected chi connectivity index (χ3v) is 3.89. The molecule has 1 aliphatic rings. The predicted molar refractivity (Wildman–Crippen MR) is 79.4 cm³/mol. The summed E-state index contributed by atoms with van der Waals surface area (Å²) < 4.78 is 0. The molecule has 102 valence electrons. The zero-order valence-corrected chi connectivity index (χ0v) is 12.1. The molecule has 0 bridgehead atoms. The molecule has 0 aromatic heterocycles. The van der Waals surface area contributed by atoms with Gasteiger partial charge in [-0.1, -0.05) is 36.2 Å². The van der Waals surface area contributed by atoms with Crippen molar-refractivity contribution in [1.29, 1.82) is 0 Å². The Morgan fingerprint density at radius 2 is 2.05 bits per heavy atom. The first-order valence-corrected chi connectivity index (χ1v) is 7.25. The van der Waals surface area contributed by atoms with Crippen LogP contribution < -0.4 is 0 Å². The molecule has 1 aromatic carbocycles. The number of benzene rings is 1. The fraction of sp³-hybridized carbons (Fsp3) is 0.438. The number of carbonyl (C=O) groups excluding carboxylic acids is 1. The van der Waals surface area contributed by atoms with Gasteiger partial charge in [-0.05, 0) is 43.5 Å². The van der Waals surface area contributed by atoms with Crippen LogP contribution in [0.25, 0.3) is 0 Å². The highest BCUT2D eigenvalue weighted by molar-refractivity contribution is 6.30. The van der Waals surface area contributed by atoms with Gasteiger partial charge in [0.25, 0.3) is 0 Å². The third kappa shape index (κ3) is 3.84. The minimum absolute atomic E-state index is 0.128. The Bertz CT molecular complexity index is 452. The van der Waals surface area contributed by atoms with Gasteiger partial charge < -0.3 is 4.90 Å². The van der Waals surface area contributed by atoms with Crippen LogP contribution in [0, 0.1) is 0 Å². The van der Waals surface area contributed by atoms with Crippen LogP contribution in [0.1, 0.15) is 37.7 Å². The van der Waals surface area contributed by atoms with Crippen LogP contribution in [0.4, 0.5) is 0 Å². The van der Waals surface area contributed by atoms with Gasteiger partial charge in [0.1, 0.15) is 0 Å². The molecule has 1 heterocycles. The second kappa shape index (κ2) is 6.76. The summed E-state index contributed by atoms with van der Waals surface area (Å²) in [6.45, 7) is 3.56. The molecule has 1 amide bonds. The van der Waals surface area contributed by atoms with Crippen molar-refractivity contribution in [1.82, 2.24) is 4.90 Å². The predicted octanol–water partition coefficient (Wildman–Crippen LogP) is 4.01. The summed E-state index contributed by atoms with van der Waals surface area (Å²) in [5, 5.41) is 0.763. The molecule has 1 fully saturated rings. The first kappa shape index (κ1) is 14.1. The second-order valence-corrected chi connectivity index (χ2v) is 5.46. The summed E-state index contributed by atoms with van der Waals surface area (Å²) in [5.74, 6) is 0.553. The van der Waals surface area contributed by atoms with E-state index in [1.54, 1.807) is 6.08 Å². The quantitative estimate of drug-likeness (QED) is 0.748. The Kier molecular flexibility index (Phi) is 5.03. The number of hydrogen-bond donors (Lipinski definition) is 0. The topological polar surface area (TPSA) is 20.3 Å². The lowest BCUT2D eigenvalue weighted by atomic mass is 9.94. The molecule has 2 rings (SSSR count). The van der Waals surface area contributed by atoms with E-state index in [0.717, 1.165) is 31.0 Å². The smallest absolute Gasteiger partial charge is 0.246 e. The van der Waals surface area contributed by atoms with Crippen molar-refractivity contribution < 1.29 is 4.79 Å². The van der Waals surface area contributed by atoms with Crippen molar-refractivity contribution >= 4 is 17.5 Å². The Hall–Kier alpha value is -1.28. The highest BCUT2D eigenvalue weighted by Crippen LogP contribution is 2.27. The molecule has 1 atom stereocenters. The van der Waals surface area contributed by atoms with E-state index < -0.39 is 0 Å². The Labute approximate surface area is 120 Å². The summed E-state index contributed by atoms with van der Waals surface area (Å²) in [4.78, 5) is 14.0. The average Bonchev–Trinajstić information content (AvgIpc) is 2.66.